The first-order valence-electron chi connectivity index (χ1n) is 10.7. The molecule has 0 bridgehead atoms. The van der Waals surface area contributed by atoms with Crippen molar-refractivity contribution in [3.8, 4) is 22.8 Å². The van der Waals surface area contributed by atoms with Crippen molar-refractivity contribution in [2.45, 2.75) is 6.54 Å². The molecular formula is C24H24FN5O3. The lowest BCUT2D eigenvalue weighted by atomic mass is 10.0. The number of carbonyl (C=O) groups is 1. The maximum Gasteiger partial charge on any atom is 0.260 e. The minimum Gasteiger partial charge on any atom is -0.496 e. The lowest BCUT2D eigenvalue weighted by Crippen LogP contribution is -2.44. The number of nitrogens with one attached hydrogen (secondary N) is 1. The second-order valence-electron chi connectivity index (χ2n) is 7.85. The lowest BCUT2D eigenvalue weighted by molar-refractivity contribution is 0.0996. The third kappa shape index (κ3) is 3.74. The van der Waals surface area contributed by atoms with Gasteiger partial charge >= 0.3 is 0 Å². The second-order valence-corrected chi connectivity index (χ2v) is 7.85. The minimum absolute atomic E-state index is 0.212. The van der Waals surface area contributed by atoms with Gasteiger partial charge in [-0.1, -0.05) is 6.07 Å². The number of piperazine rings is 1. The molecule has 0 saturated carbocycles. The molecule has 2 aliphatic rings. The van der Waals surface area contributed by atoms with Crippen LogP contribution in [0.2, 0.25) is 0 Å². The highest BCUT2D eigenvalue weighted by atomic mass is 19.1. The van der Waals surface area contributed by atoms with E-state index >= 15 is 0 Å². The molecule has 0 radical (unpaired) electrons. The predicted octanol–water partition coefficient (Wildman–Crippen LogP) is 2.87. The van der Waals surface area contributed by atoms with Crippen LogP contribution in [0.1, 0.15) is 15.9 Å². The van der Waals surface area contributed by atoms with Gasteiger partial charge in [-0.15, -0.1) is 0 Å². The summed E-state index contributed by atoms with van der Waals surface area (Å²) in [5.74, 6) is 1.55. The zero-order chi connectivity index (χ0) is 22.9. The van der Waals surface area contributed by atoms with Crippen molar-refractivity contribution in [3.05, 3.63) is 59.5 Å². The summed E-state index contributed by atoms with van der Waals surface area (Å²) in [7, 11) is 3.07. The van der Waals surface area contributed by atoms with Gasteiger partial charge in [-0.2, -0.15) is 0 Å². The Bertz CT molecular complexity index is 1210. The van der Waals surface area contributed by atoms with E-state index in [2.05, 4.69) is 15.2 Å². The molecule has 5 rings (SSSR count). The SMILES string of the molecule is COc1cc(N2CCNCC2)nc(N2Cc3c(ccnc3-c3c(F)cccc3OC)C2=O)c1. The molecule has 1 saturated heterocycles. The third-order valence-corrected chi connectivity index (χ3v) is 6.00. The van der Waals surface area contributed by atoms with Crippen LogP contribution >= 0.6 is 0 Å². The first kappa shape index (κ1) is 21.1. The van der Waals surface area contributed by atoms with Crippen LogP contribution < -0.4 is 24.6 Å². The van der Waals surface area contributed by atoms with E-state index in [0.29, 0.717) is 34.1 Å². The summed E-state index contributed by atoms with van der Waals surface area (Å²) in [6.07, 6.45) is 1.52. The summed E-state index contributed by atoms with van der Waals surface area (Å²) in [5, 5.41) is 3.32. The van der Waals surface area contributed by atoms with Gasteiger partial charge in [-0.05, 0) is 18.2 Å². The number of ether oxygens (including phenoxy) is 2. The second kappa shape index (κ2) is 8.67. The Morgan fingerprint density at radius 3 is 2.61 bits per heavy atom. The molecule has 1 amide bonds. The van der Waals surface area contributed by atoms with Gasteiger partial charge in [0.1, 0.15) is 29.0 Å². The van der Waals surface area contributed by atoms with E-state index in [0.717, 1.165) is 32.0 Å². The van der Waals surface area contributed by atoms with Crippen LogP contribution in [-0.4, -0.2) is 56.3 Å². The number of carbonyl (C=O) groups excluding carboxylic acids is 1. The summed E-state index contributed by atoms with van der Waals surface area (Å²) in [6.45, 7) is 3.57. The molecule has 1 N–H and O–H groups in total. The van der Waals surface area contributed by atoms with Crippen molar-refractivity contribution in [2.24, 2.45) is 0 Å². The number of rotatable bonds is 5. The van der Waals surface area contributed by atoms with Gasteiger partial charge in [0, 0.05) is 55.6 Å². The summed E-state index contributed by atoms with van der Waals surface area (Å²) < 4.78 is 25.7. The topological polar surface area (TPSA) is 79.8 Å². The molecule has 33 heavy (non-hydrogen) atoms. The zero-order valence-electron chi connectivity index (χ0n) is 18.5. The van der Waals surface area contributed by atoms with Crippen LogP contribution in [0.15, 0.2) is 42.6 Å². The largest absolute Gasteiger partial charge is 0.496 e. The standard InChI is InChI=1S/C24H24FN5O3/c1-32-15-12-20(29-10-8-26-9-11-29)28-21(13-15)30-14-17-16(24(30)31)6-7-27-23(17)22-18(25)4-3-5-19(22)33-2/h3-7,12-13,26H,8-11,14H2,1-2H3. The van der Waals surface area contributed by atoms with E-state index in [-0.39, 0.29) is 18.0 Å². The van der Waals surface area contributed by atoms with Crippen molar-refractivity contribution >= 4 is 17.5 Å². The first-order chi connectivity index (χ1) is 16.1. The number of hydrogen-bond donors (Lipinski definition) is 1. The molecule has 0 unspecified atom stereocenters. The Kier molecular flexibility index (Phi) is 5.55. The zero-order valence-corrected chi connectivity index (χ0v) is 18.5. The minimum atomic E-state index is -0.457. The molecule has 2 aromatic heterocycles. The molecule has 8 nitrogen and oxygen atoms in total. The van der Waals surface area contributed by atoms with Crippen LogP contribution in [-0.2, 0) is 6.54 Å². The van der Waals surface area contributed by atoms with Crippen LogP contribution in [0.5, 0.6) is 11.5 Å². The average Bonchev–Trinajstić information content (AvgIpc) is 3.21. The number of pyridine rings is 2. The van der Waals surface area contributed by atoms with E-state index in [9.17, 15) is 9.18 Å². The Hall–Kier alpha value is -3.72. The van der Waals surface area contributed by atoms with E-state index in [1.807, 2.05) is 6.07 Å². The molecular weight excluding hydrogens is 425 g/mol. The van der Waals surface area contributed by atoms with E-state index in [1.54, 1.807) is 36.3 Å². The Balaban J connectivity index is 1.56. The van der Waals surface area contributed by atoms with E-state index in [4.69, 9.17) is 14.5 Å². The molecule has 0 atom stereocenters. The number of halogens is 1. The summed E-state index contributed by atoms with van der Waals surface area (Å²) in [4.78, 5) is 26.3. The van der Waals surface area contributed by atoms with E-state index < -0.39 is 5.82 Å². The Labute approximate surface area is 191 Å². The van der Waals surface area contributed by atoms with Crippen LogP contribution in [0, 0.1) is 5.82 Å². The molecule has 4 heterocycles. The first-order valence-corrected chi connectivity index (χ1v) is 10.7. The molecule has 3 aromatic rings. The van der Waals surface area contributed by atoms with Gasteiger partial charge in [0.2, 0.25) is 0 Å². The molecule has 2 aliphatic heterocycles. The Morgan fingerprint density at radius 2 is 1.85 bits per heavy atom. The fourth-order valence-corrected chi connectivity index (χ4v) is 4.32. The monoisotopic (exact) mass is 449 g/mol. The smallest absolute Gasteiger partial charge is 0.260 e. The summed E-state index contributed by atoms with van der Waals surface area (Å²) in [5.41, 5.74) is 1.74. The van der Waals surface area contributed by atoms with Crippen molar-refractivity contribution in [1.29, 1.82) is 0 Å². The van der Waals surface area contributed by atoms with E-state index in [1.165, 1.54) is 19.4 Å². The van der Waals surface area contributed by atoms with Gasteiger partial charge in [0.25, 0.3) is 5.91 Å². The third-order valence-electron chi connectivity index (χ3n) is 6.00. The number of benzene rings is 1. The van der Waals surface area contributed by atoms with Gasteiger partial charge in [-0.25, -0.2) is 9.37 Å². The number of fused-ring (bicyclic) bond motifs is 1. The number of hydrogen-bond acceptors (Lipinski definition) is 7. The molecule has 9 heteroatoms. The lowest BCUT2D eigenvalue weighted by Gasteiger charge is -2.29. The van der Waals surface area contributed by atoms with Gasteiger partial charge in [0.05, 0.1) is 32.0 Å². The number of amides is 1. The quantitative estimate of drug-likeness (QED) is 0.642. The molecule has 1 aromatic carbocycles. The number of methoxy groups -OCH3 is 2. The molecule has 1 fully saturated rings. The highest BCUT2D eigenvalue weighted by Crippen LogP contribution is 2.39. The molecule has 0 spiro atoms. The van der Waals surface area contributed by atoms with Gasteiger partial charge in [-0.3, -0.25) is 14.7 Å². The maximum atomic E-state index is 14.8. The normalized spacial score (nSPS) is 15.5. The molecule has 0 aliphatic carbocycles. The highest BCUT2D eigenvalue weighted by Gasteiger charge is 2.34. The van der Waals surface area contributed by atoms with Crippen molar-refractivity contribution < 1.29 is 18.7 Å². The number of aromatic nitrogens is 2. The van der Waals surface area contributed by atoms with Crippen molar-refractivity contribution in [3.63, 3.8) is 0 Å². The highest BCUT2D eigenvalue weighted by molar-refractivity contribution is 6.10. The number of anilines is 2. The number of nitrogens with zero attached hydrogens (tertiary/aromatic N) is 4. The van der Waals surface area contributed by atoms with Crippen LogP contribution in [0.25, 0.3) is 11.3 Å². The fraction of sp³-hybridized carbons (Fsp3) is 0.292. The Morgan fingerprint density at radius 1 is 1.06 bits per heavy atom. The molecule has 170 valence electrons. The predicted molar refractivity (Wildman–Crippen MR) is 123 cm³/mol. The van der Waals surface area contributed by atoms with Crippen LogP contribution in [0.3, 0.4) is 0 Å². The maximum absolute atomic E-state index is 14.8. The van der Waals surface area contributed by atoms with Crippen molar-refractivity contribution in [1.82, 2.24) is 15.3 Å². The summed E-state index contributed by atoms with van der Waals surface area (Å²) >= 11 is 0. The van der Waals surface area contributed by atoms with Gasteiger partial charge < -0.3 is 19.7 Å². The van der Waals surface area contributed by atoms with Gasteiger partial charge in [0.15, 0.2) is 0 Å². The van der Waals surface area contributed by atoms with Crippen molar-refractivity contribution in [2.75, 3.05) is 50.2 Å². The average molecular weight is 449 g/mol. The fourth-order valence-electron chi connectivity index (χ4n) is 4.32. The summed E-state index contributed by atoms with van der Waals surface area (Å²) in [6, 6.07) is 9.89. The van der Waals surface area contributed by atoms with Crippen LogP contribution in [0.4, 0.5) is 16.0 Å².